The summed E-state index contributed by atoms with van der Waals surface area (Å²) < 4.78 is 5.13. The number of nitrogens with zero attached hydrogens (tertiary/aromatic N) is 2. The summed E-state index contributed by atoms with van der Waals surface area (Å²) in [4.78, 5) is 31.8. The summed E-state index contributed by atoms with van der Waals surface area (Å²) in [5, 5.41) is 5.10. The normalized spacial score (nSPS) is 19.3. The molecule has 1 aromatic carbocycles. The number of amidine groups is 1. The Hall–Kier alpha value is -2.41. The molecule has 0 bridgehead atoms. The molecule has 3 rings (SSSR count). The minimum Gasteiger partial charge on any atom is -0.497 e. The molecule has 0 saturated heterocycles. The van der Waals surface area contributed by atoms with E-state index in [1.807, 2.05) is 24.3 Å². The number of ether oxygens (including phenoxy) is 1. The number of nitrogens with one attached hydrogen (secondary N) is 1. The van der Waals surface area contributed by atoms with E-state index in [2.05, 4.69) is 15.3 Å². The van der Waals surface area contributed by atoms with Crippen molar-refractivity contribution in [3.8, 4) is 5.75 Å². The van der Waals surface area contributed by atoms with Crippen LogP contribution in [0, 0.1) is 5.92 Å². The summed E-state index contributed by atoms with van der Waals surface area (Å²) in [6.07, 6.45) is 1.74. The van der Waals surface area contributed by atoms with E-state index >= 15 is 0 Å². The molecule has 1 aromatic rings. The van der Waals surface area contributed by atoms with E-state index in [0.717, 1.165) is 5.56 Å². The molecule has 2 amide bonds. The van der Waals surface area contributed by atoms with Crippen molar-refractivity contribution in [3.05, 3.63) is 41.3 Å². The van der Waals surface area contributed by atoms with Crippen molar-refractivity contribution in [1.29, 1.82) is 0 Å². The molecule has 2 aliphatic heterocycles. The molecule has 1 atom stereocenters. The fourth-order valence-electron chi connectivity index (χ4n) is 2.08. The van der Waals surface area contributed by atoms with Gasteiger partial charge in [0.2, 0.25) is 5.84 Å². The molecule has 0 aliphatic carbocycles. The predicted octanol–water partition coefficient (Wildman–Crippen LogP) is 1.53. The molecule has 1 unspecified atom stereocenters. The van der Waals surface area contributed by atoms with Crippen molar-refractivity contribution in [2.75, 3.05) is 7.11 Å². The highest BCUT2D eigenvalue weighted by molar-refractivity contribution is 8.16. The molecule has 0 radical (unpaired) electrons. The van der Waals surface area contributed by atoms with Crippen LogP contribution >= 0.6 is 11.8 Å². The van der Waals surface area contributed by atoms with E-state index < -0.39 is 11.8 Å². The fourth-order valence-corrected chi connectivity index (χ4v) is 2.92. The van der Waals surface area contributed by atoms with E-state index in [0.29, 0.717) is 17.3 Å². The predicted molar refractivity (Wildman–Crippen MR) is 84.9 cm³/mol. The molecule has 7 heteroatoms. The Kier molecular flexibility index (Phi) is 4.06. The number of carbonyl (C=O) groups excluding carboxylic acids is 2. The number of amides is 2. The Morgan fingerprint density at radius 1 is 1.41 bits per heavy atom. The highest BCUT2D eigenvalue weighted by Crippen LogP contribution is 2.28. The van der Waals surface area contributed by atoms with Crippen LogP contribution in [0.25, 0.3) is 0 Å². The molecule has 2 heterocycles. The maximum Gasteiger partial charge on any atom is 0.289 e. The van der Waals surface area contributed by atoms with Gasteiger partial charge in [0, 0.05) is 6.54 Å². The van der Waals surface area contributed by atoms with Crippen molar-refractivity contribution < 1.29 is 14.3 Å². The summed E-state index contributed by atoms with van der Waals surface area (Å²) in [6, 6.07) is 7.36. The molecular weight excluding hydrogens is 302 g/mol. The number of hydrogen-bond donors (Lipinski definition) is 1. The molecular formula is C15H13N3O3S. The maximum atomic E-state index is 12.1. The number of carbonyl (C=O) groups is 2. The van der Waals surface area contributed by atoms with Crippen LogP contribution in [-0.4, -0.2) is 29.8 Å². The van der Waals surface area contributed by atoms with Crippen LogP contribution in [-0.2, 0) is 16.1 Å². The largest absolute Gasteiger partial charge is 0.497 e. The van der Waals surface area contributed by atoms with Gasteiger partial charge in [0.1, 0.15) is 11.7 Å². The molecule has 1 N–H and O–H groups in total. The highest BCUT2D eigenvalue weighted by atomic mass is 32.2. The van der Waals surface area contributed by atoms with Crippen LogP contribution in [0.1, 0.15) is 5.56 Å². The Morgan fingerprint density at radius 3 is 3.09 bits per heavy atom. The first-order chi connectivity index (χ1) is 10.7. The van der Waals surface area contributed by atoms with E-state index in [1.165, 1.54) is 11.8 Å². The van der Waals surface area contributed by atoms with Gasteiger partial charge in [0.05, 0.1) is 12.2 Å². The Morgan fingerprint density at radius 2 is 2.27 bits per heavy atom. The van der Waals surface area contributed by atoms with Gasteiger partial charge in [-0.15, -0.1) is 0 Å². The Bertz CT molecular complexity index is 724. The standard InChI is InChI=1S/C15H13N3O3S/c1-21-10-4-2-3-9(7-10)8-16-14(20)12-17-13(19)11-5-6-22-15(11)18-12/h2-7,11H,8H2,1H3,(H,16,20). The van der Waals surface area contributed by atoms with Crippen molar-refractivity contribution in [3.63, 3.8) is 0 Å². The lowest BCUT2D eigenvalue weighted by atomic mass is 10.1. The van der Waals surface area contributed by atoms with E-state index in [1.54, 1.807) is 18.6 Å². The maximum absolute atomic E-state index is 12.1. The van der Waals surface area contributed by atoms with Gasteiger partial charge in [0.25, 0.3) is 11.8 Å². The molecule has 0 saturated carbocycles. The first kappa shape index (κ1) is 14.5. The minimum absolute atomic E-state index is 0.0876. The summed E-state index contributed by atoms with van der Waals surface area (Å²) >= 11 is 1.34. The third-order valence-electron chi connectivity index (χ3n) is 3.21. The first-order valence-electron chi connectivity index (χ1n) is 6.63. The van der Waals surface area contributed by atoms with E-state index in [4.69, 9.17) is 4.74 Å². The van der Waals surface area contributed by atoms with Crippen LogP contribution in [0.5, 0.6) is 5.75 Å². The highest BCUT2D eigenvalue weighted by Gasteiger charge is 2.31. The first-order valence-corrected chi connectivity index (χ1v) is 7.51. The lowest BCUT2D eigenvalue weighted by molar-refractivity contribution is -0.119. The van der Waals surface area contributed by atoms with Crippen molar-refractivity contribution >= 4 is 34.5 Å². The molecule has 112 valence electrons. The lowest BCUT2D eigenvalue weighted by Crippen LogP contribution is -2.34. The van der Waals surface area contributed by atoms with Gasteiger partial charge in [-0.2, -0.15) is 4.99 Å². The van der Waals surface area contributed by atoms with Gasteiger partial charge in [-0.1, -0.05) is 30.0 Å². The lowest BCUT2D eigenvalue weighted by Gasteiger charge is -2.12. The van der Waals surface area contributed by atoms with Gasteiger partial charge in [-0.05, 0) is 23.1 Å². The zero-order valence-corrected chi connectivity index (χ0v) is 12.6. The quantitative estimate of drug-likeness (QED) is 0.913. The minimum atomic E-state index is -0.463. The van der Waals surface area contributed by atoms with Crippen LogP contribution in [0.2, 0.25) is 0 Å². The molecule has 2 aliphatic rings. The van der Waals surface area contributed by atoms with Gasteiger partial charge in [0.15, 0.2) is 0 Å². The number of methoxy groups -OCH3 is 1. The van der Waals surface area contributed by atoms with Crippen molar-refractivity contribution in [1.82, 2.24) is 5.32 Å². The Balaban J connectivity index is 1.66. The van der Waals surface area contributed by atoms with Gasteiger partial charge in [-0.3, -0.25) is 9.59 Å². The SMILES string of the molecule is COc1cccc(CNC(=O)C2=NC(=O)C3C=CSC3=N2)c1. The number of aliphatic imine (C=N–C) groups is 2. The van der Waals surface area contributed by atoms with Crippen LogP contribution in [0.15, 0.2) is 45.7 Å². The molecule has 0 fully saturated rings. The number of thioether (sulfide) groups is 1. The van der Waals surface area contributed by atoms with Crippen molar-refractivity contribution in [2.45, 2.75) is 6.54 Å². The average molecular weight is 315 g/mol. The second kappa shape index (κ2) is 6.15. The second-order valence-corrected chi connectivity index (χ2v) is 5.61. The third-order valence-corrected chi connectivity index (χ3v) is 4.09. The number of rotatable bonds is 4. The Labute approximate surface area is 131 Å². The fraction of sp³-hybridized carbons (Fsp3) is 0.200. The van der Waals surface area contributed by atoms with E-state index in [9.17, 15) is 9.59 Å². The second-order valence-electron chi connectivity index (χ2n) is 4.68. The van der Waals surface area contributed by atoms with Crippen LogP contribution in [0.4, 0.5) is 0 Å². The van der Waals surface area contributed by atoms with Crippen molar-refractivity contribution in [2.24, 2.45) is 15.9 Å². The molecule has 0 aromatic heterocycles. The summed E-state index contributed by atoms with van der Waals surface area (Å²) in [5.74, 6) is -0.601. The summed E-state index contributed by atoms with van der Waals surface area (Å²) in [6.45, 7) is 0.308. The topological polar surface area (TPSA) is 80.1 Å². The third kappa shape index (κ3) is 2.94. The number of fused-ring (bicyclic) bond motifs is 1. The van der Waals surface area contributed by atoms with Crippen LogP contribution < -0.4 is 10.1 Å². The average Bonchev–Trinajstić information content (AvgIpc) is 3.02. The molecule has 0 spiro atoms. The zero-order chi connectivity index (χ0) is 15.5. The van der Waals surface area contributed by atoms with Gasteiger partial charge < -0.3 is 10.1 Å². The molecule has 6 nitrogen and oxygen atoms in total. The van der Waals surface area contributed by atoms with Gasteiger partial charge in [-0.25, -0.2) is 4.99 Å². The van der Waals surface area contributed by atoms with Gasteiger partial charge >= 0.3 is 0 Å². The summed E-state index contributed by atoms with van der Waals surface area (Å²) in [7, 11) is 1.58. The van der Waals surface area contributed by atoms with E-state index in [-0.39, 0.29) is 11.7 Å². The zero-order valence-electron chi connectivity index (χ0n) is 11.8. The molecule has 22 heavy (non-hydrogen) atoms. The van der Waals surface area contributed by atoms with Crippen LogP contribution in [0.3, 0.4) is 0 Å². The number of benzene rings is 1. The number of hydrogen-bond acceptors (Lipinski definition) is 5. The monoisotopic (exact) mass is 315 g/mol. The smallest absolute Gasteiger partial charge is 0.289 e. The summed E-state index contributed by atoms with van der Waals surface area (Å²) in [5.41, 5.74) is 0.887.